The van der Waals surface area contributed by atoms with Gasteiger partial charge in [0.05, 0.1) is 13.2 Å². The Morgan fingerprint density at radius 2 is 1.78 bits per heavy atom. The van der Waals surface area contributed by atoms with Crippen molar-refractivity contribution in [2.75, 3.05) is 7.11 Å². The number of methoxy groups -OCH3 is 1. The molecule has 1 atom stereocenters. The summed E-state index contributed by atoms with van der Waals surface area (Å²) in [6.45, 7) is 2.06. The predicted octanol–water partition coefficient (Wildman–Crippen LogP) is 4.55. The van der Waals surface area contributed by atoms with Crippen LogP contribution >= 0.6 is 11.6 Å². The van der Waals surface area contributed by atoms with Crippen molar-refractivity contribution in [2.45, 2.75) is 32.2 Å². The third-order valence-electron chi connectivity index (χ3n) is 3.82. The smallest absolute Gasteiger partial charge is 0.220 e. The Labute approximate surface area is 142 Å². The molecule has 0 bridgehead atoms. The molecular formula is C19H22ClNO2. The fourth-order valence-corrected chi connectivity index (χ4v) is 2.56. The van der Waals surface area contributed by atoms with Crippen LogP contribution in [0.3, 0.4) is 0 Å². The van der Waals surface area contributed by atoms with Gasteiger partial charge in [-0.2, -0.15) is 0 Å². The van der Waals surface area contributed by atoms with Gasteiger partial charge in [0.1, 0.15) is 5.75 Å². The lowest BCUT2D eigenvalue weighted by Crippen LogP contribution is -2.28. The molecule has 0 aliphatic carbocycles. The van der Waals surface area contributed by atoms with Gasteiger partial charge in [-0.3, -0.25) is 4.79 Å². The van der Waals surface area contributed by atoms with E-state index < -0.39 is 0 Å². The Morgan fingerprint density at radius 3 is 2.35 bits per heavy atom. The molecule has 23 heavy (non-hydrogen) atoms. The largest absolute Gasteiger partial charge is 0.497 e. The van der Waals surface area contributed by atoms with Crippen molar-refractivity contribution in [3.63, 3.8) is 0 Å². The van der Waals surface area contributed by atoms with Crippen LogP contribution in [0.25, 0.3) is 0 Å². The molecule has 1 amide bonds. The first-order valence-electron chi connectivity index (χ1n) is 7.80. The third-order valence-corrected chi connectivity index (χ3v) is 4.07. The number of hydrogen-bond acceptors (Lipinski definition) is 2. The van der Waals surface area contributed by atoms with E-state index in [-0.39, 0.29) is 11.9 Å². The number of nitrogens with one attached hydrogen (secondary N) is 1. The van der Waals surface area contributed by atoms with Gasteiger partial charge in [-0.05, 0) is 48.2 Å². The predicted molar refractivity (Wildman–Crippen MR) is 93.9 cm³/mol. The monoisotopic (exact) mass is 331 g/mol. The highest BCUT2D eigenvalue weighted by molar-refractivity contribution is 6.30. The number of rotatable bonds is 7. The molecule has 0 heterocycles. The highest BCUT2D eigenvalue weighted by atomic mass is 35.5. The summed E-state index contributed by atoms with van der Waals surface area (Å²) in [5, 5.41) is 3.81. The Balaban J connectivity index is 1.89. The fraction of sp³-hybridized carbons (Fsp3) is 0.316. The molecule has 0 spiro atoms. The molecule has 3 nitrogen and oxygen atoms in total. The maximum Gasteiger partial charge on any atom is 0.220 e. The summed E-state index contributed by atoms with van der Waals surface area (Å²) in [6.07, 6.45) is 2.02. The van der Waals surface area contributed by atoms with Crippen LogP contribution in [0.1, 0.15) is 36.9 Å². The number of carbonyl (C=O) groups excluding carboxylic acids is 1. The summed E-state index contributed by atoms with van der Waals surface area (Å²) < 4.78 is 5.16. The molecule has 2 aromatic carbocycles. The first kappa shape index (κ1) is 17.4. The first-order valence-corrected chi connectivity index (χ1v) is 8.18. The Kier molecular flexibility index (Phi) is 6.48. The van der Waals surface area contributed by atoms with Gasteiger partial charge in [0.15, 0.2) is 0 Å². The first-order chi connectivity index (χ1) is 11.1. The van der Waals surface area contributed by atoms with Crippen LogP contribution in [0.15, 0.2) is 48.5 Å². The van der Waals surface area contributed by atoms with Crippen molar-refractivity contribution in [1.29, 1.82) is 0 Å². The fourth-order valence-electron chi connectivity index (χ4n) is 2.43. The lowest BCUT2D eigenvalue weighted by atomic mass is 10.0. The summed E-state index contributed by atoms with van der Waals surface area (Å²) >= 11 is 5.86. The Bertz CT molecular complexity index is 623. The summed E-state index contributed by atoms with van der Waals surface area (Å²) in [6, 6.07) is 15.4. The molecule has 0 radical (unpaired) electrons. The van der Waals surface area contributed by atoms with Crippen LogP contribution in [0.2, 0.25) is 5.02 Å². The van der Waals surface area contributed by atoms with Crippen molar-refractivity contribution in [2.24, 2.45) is 0 Å². The zero-order valence-electron chi connectivity index (χ0n) is 13.5. The second-order valence-electron chi connectivity index (χ2n) is 5.43. The number of carbonyl (C=O) groups is 1. The van der Waals surface area contributed by atoms with E-state index in [4.69, 9.17) is 16.3 Å². The zero-order chi connectivity index (χ0) is 16.7. The highest BCUT2D eigenvalue weighted by Gasteiger charge is 2.12. The highest BCUT2D eigenvalue weighted by Crippen LogP contribution is 2.20. The van der Waals surface area contributed by atoms with E-state index in [1.807, 2.05) is 48.5 Å². The molecule has 0 saturated carbocycles. The van der Waals surface area contributed by atoms with Gasteiger partial charge in [-0.25, -0.2) is 0 Å². The normalized spacial score (nSPS) is 11.8. The minimum absolute atomic E-state index is 0.0265. The number of ether oxygens (including phenoxy) is 1. The number of aryl methyl sites for hydroxylation is 1. The lowest BCUT2D eigenvalue weighted by molar-refractivity contribution is -0.121. The van der Waals surface area contributed by atoms with Gasteiger partial charge in [0, 0.05) is 11.4 Å². The van der Waals surface area contributed by atoms with Crippen molar-refractivity contribution in [3.8, 4) is 5.75 Å². The van der Waals surface area contributed by atoms with Crippen LogP contribution in [0.5, 0.6) is 5.75 Å². The van der Waals surface area contributed by atoms with Crippen LogP contribution < -0.4 is 10.1 Å². The van der Waals surface area contributed by atoms with E-state index in [1.54, 1.807) is 7.11 Å². The maximum absolute atomic E-state index is 12.2. The van der Waals surface area contributed by atoms with E-state index in [0.29, 0.717) is 17.9 Å². The molecular weight excluding hydrogens is 310 g/mol. The maximum atomic E-state index is 12.2. The van der Waals surface area contributed by atoms with Crippen LogP contribution in [-0.2, 0) is 11.2 Å². The number of hydrogen-bond donors (Lipinski definition) is 1. The second-order valence-corrected chi connectivity index (χ2v) is 5.86. The van der Waals surface area contributed by atoms with Crippen LogP contribution in [0, 0.1) is 0 Å². The molecule has 0 saturated heterocycles. The van der Waals surface area contributed by atoms with E-state index in [1.165, 1.54) is 0 Å². The number of halogens is 1. The van der Waals surface area contributed by atoms with Crippen molar-refractivity contribution < 1.29 is 9.53 Å². The number of benzene rings is 2. The standard InChI is InChI=1S/C19H22ClNO2/c1-3-18(15-7-11-17(23-2)12-8-15)21-19(22)13-6-14-4-9-16(20)10-5-14/h4-5,7-12,18H,3,6,13H2,1-2H3,(H,21,22)/t18-/m1/s1. The molecule has 122 valence electrons. The van der Waals surface area contributed by atoms with Gasteiger partial charge in [0.2, 0.25) is 5.91 Å². The molecule has 2 rings (SSSR count). The Hall–Kier alpha value is -2.00. The van der Waals surface area contributed by atoms with Gasteiger partial charge in [-0.15, -0.1) is 0 Å². The molecule has 0 aromatic heterocycles. The van der Waals surface area contributed by atoms with Crippen molar-refractivity contribution in [1.82, 2.24) is 5.32 Å². The molecule has 4 heteroatoms. The third kappa shape index (κ3) is 5.29. The van der Waals surface area contributed by atoms with E-state index in [9.17, 15) is 4.79 Å². The zero-order valence-corrected chi connectivity index (χ0v) is 14.3. The van der Waals surface area contributed by atoms with Crippen molar-refractivity contribution >= 4 is 17.5 Å². The lowest BCUT2D eigenvalue weighted by Gasteiger charge is -2.18. The van der Waals surface area contributed by atoms with Crippen LogP contribution in [-0.4, -0.2) is 13.0 Å². The minimum Gasteiger partial charge on any atom is -0.497 e. The van der Waals surface area contributed by atoms with Gasteiger partial charge >= 0.3 is 0 Å². The average molecular weight is 332 g/mol. The molecule has 0 aliphatic rings. The molecule has 0 aliphatic heterocycles. The Morgan fingerprint density at radius 1 is 1.13 bits per heavy atom. The minimum atomic E-state index is 0.0265. The van der Waals surface area contributed by atoms with E-state index >= 15 is 0 Å². The van der Waals surface area contributed by atoms with E-state index in [2.05, 4.69) is 12.2 Å². The molecule has 0 fully saturated rings. The quantitative estimate of drug-likeness (QED) is 0.808. The molecule has 0 unspecified atom stereocenters. The second kappa shape index (κ2) is 8.59. The van der Waals surface area contributed by atoms with Gasteiger partial charge in [-0.1, -0.05) is 42.8 Å². The molecule has 2 aromatic rings. The summed E-state index contributed by atoms with van der Waals surface area (Å²) in [7, 11) is 1.64. The van der Waals surface area contributed by atoms with Crippen molar-refractivity contribution in [3.05, 3.63) is 64.7 Å². The summed E-state index contributed by atoms with van der Waals surface area (Å²) in [5.74, 6) is 0.875. The summed E-state index contributed by atoms with van der Waals surface area (Å²) in [4.78, 5) is 12.2. The number of amides is 1. The SMILES string of the molecule is CC[C@@H](NC(=O)CCc1ccc(Cl)cc1)c1ccc(OC)cc1. The van der Waals surface area contributed by atoms with E-state index in [0.717, 1.165) is 23.3 Å². The van der Waals surface area contributed by atoms with Gasteiger partial charge < -0.3 is 10.1 Å². The topological polar surface area (TPSA) is 38.3 Å². The molecule has 1 N–H and O–H groups in total. The average Bonchev–Trinajstić information content (AvgIpc) is 2.59. The van der Waals surface area contributed by atoms with Gasteiger partial charge in [0.25, 0.3) is 0 Å². The van der Waals surface area contributed by atoms with Crippen LogP contribution in [0.4, 0.5) is 0 Å². The summed E-state index contributed by atoms with van der Waals surface area (Å²) in [5.41, 5.74) is 2.20.